The van der Waals surface area contributed by atoms with E-state index in [1.807, 2.05) is 12.1 Å². The zero-order valence-electron chi connectivity index (χ0n) is 21.4. The van der Waals surface area contributed by atoms with Gasteiger partial charge < -0.3 is 14.8 Å². The Bertz CT molecular complexity index is 1540. The summed E-state index contributed by atoms with van der Waals surface area (Å²) >= 11 is 0. The van der Waals surface area contributed by atoms with E-state index in [1.54, 1.807) is 30.3 Å². The second-order valence-corrected chi connectivity index (χ2v) is 10.6. The summed E-state index contributed by atoms with van der Waals surface area (Å²) in [4.78, 5) is 42.1. The number of carbonyl (C=O) groups excluding carboxylic acids is 2. The number of nitrogens with one attached hydrogen (secondary N) is 1. The van der Waals surface area contributed by atoms with E-state index in [-0.39, 0.29) is 36.1 Å². The number of non-ortho nitro benzene ring substituents is 1. The summed E-state index contributed by atoms with van der Waals surface area (Å²) in [6.07, 6.45) is 2.52. The van der Waals surface area contributed by atoms with Gasteiger partial charge in [-0.15, -0.1) is 0 Å². The van der Waals surface area contributed by atoms with Crippen molar-refractivity contribution in [2.75, 3.05) is 18.7 Å². The summed E-state index contributed by atoms with van der Waals surface area (Å²) in [7, 11) is 0. The van der Waals surface area contributed by atoms with Crippen LogP contribution in [-0.4, -0.2) is 40.9 Å². The maximum Gasteiger partial charge on any atom is 0.269 e. The van der Waals surface area contributed by atoms with Crippen molar-refractivity contribution < 1.29 is 24.0 Å². The minimum atomic E-state index is -1.19. The van der Waals surface area contributed by atoms with E-state index in [2.05, 4.69) is 23.2 Å². The lowest BCUT2D eigenvalue weighted by Gasteiger charge is -2.37. The molecule has 4 atom stereocenters. The van der Waals surface area contributed by atoms with Crippen LogP contribution in [0, 0.1) is 16.0 Å². The standard InChI is InChI=1S/C30H27N3O6/c1-2-17-5-11-22-21(14-17)30(29(35)31-22)27(28(34)19-8-12-24-25(15-19)39-16-38-24)26(23-4-3-13-32(23)30)18-6-9-20(10-7-18)33(36)37/h5-12,14-15,23,26-27H,2-4,13,16H2,1H3,(H,31,35)/t23?,26?,27?,30-/m1/s1. The molecular formula is C30H27N3O6. The third-order valence-electron chi connectivity index (χ3n) is 8.90. The molecule has 0 radical (unpaired) electrons. The van der Waals surface area contributed by atoms with Gasteiger partial charge in [-0.3, -0.25) is 24.6 Å². The molecule has 1 N–H and O–H groups in total. The molecule has 4 aliphatic rings. The predicted molar refractivity (Wildman–Crippen MR) is 142 cm³/mol. The van der Waals surface area contributed by atoms with Crippen molar-refractivity contribution in [2.45, 2.75) is 43.7 Å². The molecular weight excluding hydrogens is 498 g/mol. The number of hydrogen-bond donors (Lipinski definition) is 1. The van der Waals surface area contributed by atoms with E-state index in [0.717, 1.165) is 41.6 Å². The SMILES string of the molecule is CCc1ccc2c(c1)[C@]1(C(=O)N2)C(C(=O)c2ccc3c(c2)OCO3)C(c2ccc([N+](=O)[O-])cc2)C2CCCN21. The maximum atomic E-state index is 14.7. The van der Waals surface area contributed by atoms with Gasteiger partial charge in [0.25, 0.3) is 5.69 Å². The van der Waals surface area contributed by atoms with Gasteiger partial charge in [-0.2, -0.15) is 0 Å². The van der Waals surface area contributed by atoms with Crippen molar-refractivity contribution in [3.63, 3.8) is 0 Å². The Labute approximate surface area is 224 Å². The molecule has 3 unspecified atom stereocenters. The average molecular weight is 526 g/mol. The predicted octanol–water partition coefficient (Wildman–Crippen LogP) is 4.79. The minimum Gasteiger partial charge on any atom is -0.454 e. The summed E-state index contributed by atoms with van der Waals surface area (Å²) in [5.74, 6) is -0.357. The third-order valence-corrected chi connectivity index (χ3v) is 8.90. The lowest BCUT2D eigenvalue weighted by Crippen LogP contribution is -2.52. The van der Waals surface area contributed by atoms with Gasteiger partial charge in [0.1, 0.15) is 5.54 Å². The van der Waals surface area contributed by atoms with Gasteiger partial charge in [0.2, 0.25) is 12.7 Å². The third kappa shape index (κ3) is 3.29. The van der Waals surface area contributed by atoms with Crippen LogP contribution >= 0.6 is 0 Å². The fourth-order valence-corrected chi connectivity index (χ4v) is 7.25. The van der Waals surface area contributed by atoms with E-state index < -0.39 is 16.4 Å². The molecule has 198 valence electrons. The first-order valence-electron chi connectivity index (χ1n) is 13.3. The van der Waals surface area contributed by atoms with Crippen LogP contribution in [0.25, 0.3) is 0 Å². The molecule has 0 bridgehead atoms. The van der Waals surface area contributed by atoms with Crippen molar-refractivity contribution in [1.82, 2.24) is 4.90 Å². The number of nitro groups is 1. The smallest absolute Gasteiger partial charge is 0.269 e. The van der Waals surface area contributed by atoms with E-state index in [0.29, 0.717) is 23.6 Å². The van der Waals surface area contributed by atoms with Crippen LogP contribution in [0.15, 0.2) is 60.7 Å². The summed E-state index contributed by atoms with van der Waals surface area (Å²) < 4.78 is 11.0. The zero-order valence-corrected chi connectivity index (χ0v) is 21.4. The number of ketones is 1. The summed E-state index contributed by atoms with van der Waals surface area (Å²) in [5.41, 5.74) is 2.73. The number of amides is 1. The van der Waals surface area contributed by atoms with Gasteiger partial charge in [0.05, 0.1) is 10.8 Å². The highest BCUT2D eigenvalue weighted by Gasteiger charge is 2.69. The first kappa shape index (κ1) is 23.8. The van der Waals surface area contributed by atoms with Gasteiger partial charge in [-0.05, 0) is 61.2 Å². The maximum absolute atomic E-state index is 14.7. The molecule has 2 saturated heterocycles. The molecule has 4 heterocycles. The first-order valence-corrected chi connectivity index (χ1v) is 13.3. The number of anilines is 1. The Morgan fingerprint density at radius 3 is 2.67 bits per heavy atom. The van der Waals surface area contributed by atoms with Crippen LogP contribution in [0.2, 0.25) is 0 Å². The summed E-state index contributed by atoms with van der Waals surface area (Å²) in [6.45, 7) is 2.85. The highest BCUT2D eigenvalue weighted by molar-refractivity contribution is 6.12. The Morgan fingerprint density at radius 2 is 1.90 bits per heavy atom. The molecule has 1 amide bonds. The molecule has 9 heteroatoms. The Balaban J connectivity index is 1.45. The van der Waals surface area contributed by atoms with Gasteiger partial charge in [-0.25, -0.2) is 0 Å². The van der Waals surface area contributed by atoms with Crippen LogP contribution in [0.4, 0.5) is 11.4 Å². The molecule has 9 nitrogen and oxygen atoms in total. The van der Waals surface area contributed by atoms with Gasteiger partial charge in [-0.1, -0.05) is 31.2 Å². The summed E-state index contributed by atoms with van der Waals surface area (Å²) in [5, 5.41) is 14.5. The highest BCUT2D eigenvalue weighted by atomic mass is 16.7. The van der Waals surface area contributed by atoms with E-state index in [9.17, 15) is 19.7 Å². The highest BCUT2D eigenvalue weighted by Crippen LogP contribution is 2.61. The number of fused-ring (bicyclic) bond motifs is 5. The number of benzene rings is 3. The quantitative estimate of drug-likeness (QED) is 0.290. The molecule has 4 aliphatic heterocycles. The van der Waals surface area contributed by atoms with Crippen LogP contribution in [0.5, 0.6) is 11.5 Å². The monoisotopic (exact) mass is 525 g/mol. The van der Waals surface area contributed by atoms with Crippen molar-refractivity contribution >= 4 is 23.1 Å². The van der Waals surface area contributed by atoms with Gasteiger partial charge in [0.15, 0.2) is 17.3 Å². The van der Waals surface area contributed by atoms with E-state index in [4.69, 9.17) is 9.47 Å². The largest absolute Gasteiger partial charge is 0.454 e. The molecule has 39 heavy (non-hydrogen) atoms. The van der Waals surface area contributed by atoms with Crippen molar-refractivity contribution in [3.8, 4) is 11.5 Å². The minimum absolute atomic E-state index is 0.00933. The lowest BCUT2D eigenvalue weighted by molar-refractivity contribution is -0.384. The fourth-order valence-electron chi connectivity index (χ4n) is 7.25. The number of Topliss-reactive ketones (excluding diaryl/α,β-unsaturated/α-hetero) is 1. The molecule has 3 aromatic rings. The number of ether oxygens (including phenoxy) is 2. The number of nitro benzene ring substituents is 1. The van der Waals surface area contributed by atoms with Crippen LogP contribution in [0.1, 0.15) is 52.7 Å². The van der Waals surface area contributed by atoms with Crippen LogP contribution in [-0.2, 0) is 16.8 Å². The van der Waals surface area contributed by atoms with Gasteiger partial charge >= 0.3 is 0 Å². The average Bonchev–Trinajstić information content (AvgIpc) is 3.72. The Kier molecular flexibility index (Phi) is 5.28. The number of aryl methyl sites for hydroxylation is 1. The second-order valence-electron chi connectivity index (χ2n) is 10.6. The van der Waals surface area contributed by atoms with Gasteiger partial charge in [0, 0.05) is 40.9 Å². The van der Waals surface area contributed by atoms with Crippen molar-refractivity contribution in [2.24, 2.45) is 5.92 Å². The normalized spacial score (nSPS) is 26.5. The van der Waals surface area contributed by atoms with E-state index in [1.165, 1.54) is 12.1 Å². The second kappa shape index (κ2) is 8.64. The molecule has 3 aromatic carbocycles. The Morgan fingerprint density at radius 1 is 1.10 bits per heavy atom. The van der Waals surface area contributed by atoms with Crippen LogP contribution < -0.4 is 14.8 Å². The van der Waals surface area contributed by atoms with Crippen molar-refractivity contribution in [1.29, 1.82) is 0 Å². The first-order chi connectivity index (χ1) is 18.9. The molecule has 2 fully saturated rings. The molecule has 7 rings (SSSR count). The lowest BCUT2D eigenvalue weighted by atomic mass is 9.68. The zero-order chi connectivity index (χ0) is 26.9. The topological polar surface area (TPSA) is 111 Å². The molecule has 0 aromatic heterocycles. The number of hydrogen-bond acceptors (Lipinski definition) is 7. The van der Waals surface area contributed by atoms with Crippen LogP contribution in [0.3, 0.4) is 0 Å². The fraction of sp³-hybridized carbons (Fsp3) is 0.333. The molecule has 0 aliphatic carbocycles. The number of nitrogens with zero attached hydrogens (tertiary/aromatic N) is 2. The van der Waals surface area contributed by atoms with Crippen molar-refractivity contribution in [3.05, 3.63) is 93.0 Å². The molecule has 0 saturated carbocycles. The number of carbonyl (C=O) groups is 2. The number of rotatable bonds is 5. The Hall–Kier alpha value is -4.24. The molecule has 1 spiro atoms. The van der Waals surface area contributed by atoms with E-state index >= 15 is 0 Å². The summed E-state index contributed by atoms with van der Waals surface area (Å²) in [6, 6.07) is 17.6.